The van der Waals surface area contributed by atoms with Crippen molar-refractivity contribution in [3.05, 3.63) is 24.3 Å². The summed E-state index contributed by atoms with van der Waals surface area (Å²) in [7, 11) is 0. The summed E-state index contributed by atoms with van der Waals surface area (Å²) >= 11 is 0. The summed E-state index contributed by atoms with van der Waals surface area (Å²) < 4.78 is 11.3. The number of rotatable bonds is 11. The molecule has 0 bridgehead atoms. The van der Waals surface area contributed by atoms with Gasteiger partial charge in [0.25, 0.3) is 11.8 Å². The monoisotopic (exact) mass is 666 g/mol. The van der Waals surface area contributed by atoms with E-state index in [1.54, 1.807) is 0 Å². The Balaban J connectivity index is 1.08. The summed E-state index contributed by atoms with van der Waals surface area (Å²) in [5.41, 5.74) is 1.48. The Morgan fingerprint density at radius 2 is 1.54 bits per heavy atom. The van der Waals surface area contributed by atoms with Gasteiger partial charge in [-0.05, 0) is 122 Å². The number of aliphatic hydroxyl groups excluding tert-OH is 1. The van der Waals surface area contributed by atoms with E-state index < -0.39 is 0 Å². The second-order valence-corrected chi connectivity index (χ2v) is 17.9. The van der Waals surface area contributed by atoms with Gasteiger partial charge in [-0.3, -0.25) is 19.3 Å². The lowest BCUT2D eigenvalue weighted by molar-refractivity contribution is -0.246. The van der Waals surface area contributed by atoms with Gasteiger partial charge >= 0.3 is 0 Å². The normalized spacial score (nSPS) is 42.9. The first-order valence-corrected chi connectivity index (χ1v) is 18.9. The number of aliphatic hydroxyl groups is 1. The number of hydrogen-bond donors (Lipinski definition) is 2. The number of amides is 3. The van der Waals surface area contributed by atoms with E-state index in [1.165, 1.54) is 48.3 Å². The maximum absolute atomic E-state index is 14.3. The molecule has 6 aliphatic rings. The van der Waals surface area contributed by atoms with Gasteiger partial charge in [0, 0.05) is 18.7 Å². The van der Waals surface area contributed by atoms with E-state index >= 15 is 0 Å². The van der Waals surface area contributed by atoms with Crippen molar-refractivity contribution in [1.82, 2.24) is 10.2 Å². The largest absolute Gasteiger partial charge is 0.393 e. The van der Waals surface area contributed by atoms with E-state index in [9.17, 15) is 19.5 Å². The van der Waals surface area contributed by atoms with Crippen molar-refractivity contribution in [2.75, 3.05) is 39.5 Å². The molecule has 0 aromatic rings. The van der Waals surface area contributed by atoms with Crippen molar-refractivity contribution in [2.45, 2.75) is 112 Å². The van der Waals surface area contributed by atoms with Gasteiger partial charge in [0.15, 0.2) is 0 Å². The predicted octanol–water partition coefficient (Wildman–Crippen LogP) is 6.08. The SMILES string of the molecule is C=C(C)[C@@H]1CC[C@]2(C(=O)NCCOCCOCCN3C(=O)C=CC3=O)CC[C@]3(C)[C@H](CC[C@@H]4[C@@]5(C)CC[C@H](O)C(C)(C)[C@@H]5CC[C@]43C)[C@@H]12. The molecule has 6 rings (SSSR count). The van der Waals surface area contributed by atoms with Crippen LogP contribution in [0.25, 0.3) is 0 Å². The van der Waals surface area contributed by atoms with Crippen molar-refractivity contribution in [3.63, 3.8) is 0 Å². The number of carbonyl (C=O) groups excluding carboxylic acids is 3. The van der Waals surface area contributed by atoms with Crippen LogP contribution in [0.5, 0.6) is 0 Å². The van der Waals surface area contributed by atoms with Crippen LogP contribution in [0, 0.1) is 56.7 Å². The van der Waals surface area contributed by atoms with Crippen LogP contribution >= 0.6 is 0 Å². The Morgan fingerprint density at radius 1 is 0.854 bits per heavy atom. The van der Waals surface area contributed by atoms with Crippen molar-refractivity contribution >= 4 is 17.7 Å². The Bertz CT molecular complexity index is 1310. The molecule has 268 valence electrons. The molecule has 8 heteroatoms. The molecule has 10 atom stereocenters. The number of nitrogens with one attached hydrogen (secondary N) is 1. The number of nitrogens with zero attached hydrogens (tertiary/aromatic N) is 1. The van der Waals surface area contributed by atoms with E-state index in [-0.39, 0.29) is 64.1 Å². The lowest BCUT2D eigenvalue weighted by Crippen LogP contribution is -2.67. The fourth-order valence-electron chi connectivity index (χ4n) is 13.1. The molecule has 8 nitrogen and oxygen atoms in total. The maximum Gasteiger partial charge on any atom is 0.253 e. The quantitative estimate of drug-likeness (QED) is 0.157. The second kappa shape index (κ2) is 12.9. The molecule has 0 radical (unpaired) electrons. The van der Waals surface area contributed by atoms with Crippen LogP contribution in [-0.4, -0.2) is 73.3 Å². The lowest BCUT2D eigenvalue weighted by atomic mass is 9.32. The van der Waals surface area contributed by atoms with E-state index in [2.05, 4.69) is 53.4 Å². The highest BCUT2D eigenvalue weighted by Crippen LogP contribution is 2.77. The zero-order valence-corrected chi connectivity index (χ0v) is 30.6. The maximum atomic E-state index is 14.3. The summed E-state index contributed by atoms with van der Waals surface area (Å²) in [6.07, 6.45) is 13.2. The molecule has 0 aromatic heterocycles. The summed E-state index contributed by atoms with van der Waals surface area (Å²) in [5, 5.41) is 14.4. The van der Waals surface area contributed by atoms with Crippen LogP contribution in [0.15, 0.2) is 24.3 Å². The van der Waals surface area contributed by atoms with E-state index in [4.69, 9.17) is 9.47 Å². The Kier molecular flexibility index (Phi) is 9.65. The average Bonchev–Trinajstić information content (AvgIpc) is 3.59. The van der Waals surface area contributed by atoms with Crippen molar-refractivity contribution in [3.8, 4) is 0 Å². The molecular formula is C40H62N2O6. The highest BCUT2D eigenvalue weighted by Gasteiger charge is 2.71. The van der Waals surface area contributed by atoms with Gasteiger partial charge in [-0.25, -0.2) is 0 Å². The third kappa shape index (κ3) is 5.46. The highest BCUT2D eigenvalue weighted by atomic mass is 16.5. The second-order valence-electron chi connectivity index (χ2n) is 17.9. The molecule has 0 saturated heterocycles. The Hall–Kier alpha value is -2.03. The fourth-order valence-corrected chi connectivity index (χ4v) is 13.1. The molecule has 48 heavy (non-hydrogen) atoms. The number of carbonyl (C=O) groups is 3. The first kappa shape index (κ1) is 35.8. The predicted molar refractivity (Wildman–Crippen MR) is 185 cm³/mol. The van der Waals surface area contributed by atoms with E-state index in [0.29, 0.717) is 56.0 Å². The van der Waals surface area contributed by atoms with Gasteiger partial charge in [0.2, 0.25) is 5.91 Å². The summed E-state index contributed by atoms with van der Waals surface area (Å²) in [4.78, 5) is 38.8. The standard InChI is InChI=1S/C40H62N2O6/c1-26(2)27-12-17-40(35(46)41-20-22-47-24-25-48-23-21-42-32(44)10-11-33(42)45)19-18-38(6)28(34(27)40)8-9-30-37(5)15-14-31(43)36(3,4)29(37)13-16-39(30,38)7/h10-11,27-31,34,43H,1,8-9,12-25H2,2-7H3,(H,41,46)/t27-,28+,29-,30+,31-,34+,37-,38+,39+,40-/m0/s1. The van der Waals surface area contributed by atoms with Gasteiger partial charge in [-0.2, -0.15) is 0 Å². The highest BCUT2D eigenvalue weighted by molar-refractivity contribution is 6.12. The van der Waals surface area contributed by atoms with Gasteiger partial charge in [0.1, 0.15) is 0 Å². The van der Waals surface area contributed by atoms with Gasteiger partial charge in [-0.1, -0.05) is 46.8 Å². The molecule has 5 aliphatic carbocycles. The number of imide groups is 1. The van der Waals surface area contributed by atoms with E-state index in [0.717, 1.165) is 38.5 Å². The number of allylic oxidation sites excluding steroid dienone is 1. The van der Waals surface area contributed by atoms with E-state index in [1.807, 2.05) is 0 Å². The number of fused-ring (bicyclic) bond motifs is 7. The van der Waals surface area contributed by atoms with Crippen LogP contribution in [0.4, 0.5) is 0 Å². The summed E-state index contributed by atoms with van der Waals surface area (Å²) in [6.45, 7) is 21.3. The minimum atomic E-state index is -0.350. The lowest BCUT2D eigenvalue weighted by Gasteiger charge is -2.72. The van der Waals surface area contributed by atoms with Crippen molar-refractivity contribution < 1.29 is 29.0 Å². The first-order valence-electron chi connectivity index (χ1n) is 18.9. The topological polar surface area (TPSA) is 105 Å². The Morgan fingerprint density at radius 3 is 2.23 bits per heavy atom. The van der Waals surface area contributed by atoms with Gasteiger partial charge < -0.3 is 19.9 Å². The molecule has 0 spiro atoms. The van der Waals surface area contributed by atoms with Crippen LogP contribution in [0.1, 0.15) is 106 Å². The average molecular weight is 667 g/mol. The van der Waals surface area contributed by atoms with Crippen LogP contribution in [-0.2, 0) is 23.9 Å². The van der Waals surface area contributed by atoms with Crippen molar-refractivity contribution in [2.24, 2.45) is 56.7 Å². The van der Waals surface area contributed by atoms with Crippen LogP contribution in [0.3, 0.4) is 0 Å². The fraction of sp³-hybridized carbons (Fsp3) is 0.825. The minimum absolute atomic E-state index is 0.0480. The molecule has 0 aromatic carbocycles. The summed E-state index contributed by atoms with van der Waals surface area (Å²) in [5.74, 6) is 2.00. The zero-order valence-electron chi connectivity index (χ0n) is 30.6. The first-order chi connectivity index (χ1) is 22.6. The Labute approximate surface area is 288 Å². The molecule has 5 saturated carbocycles. The molecule has 5 fully saturated rings. The van der Waals surface area contributed by atoms with Crippen molar-refractivity contribution in [1.29, 1.82) is 0 Å². The van der Waals surface area contributed by atoms with Gasteiger partial charge in [-0.15, -0.1) is 0 Å². The third-order valence-electron chi connectivity index (χ3n) is 15.8. The smallest absolute Gasteiger partial charge is 0.253 e. The van der Waals surface area contributed by atoms with Gasteiger partial charge in [0.05, 0.1) is 44.5 Å². The molecule has 0 unspecified atom stereocenters. The molecular weight excluding hydrogens is 604 g/mol. The number of hydrogen-bond acceptors (Lipinski definition) is 6. The molecule has 1 aliphatic heterocycles. The summed E-state index contributed by atoms with van der Waals surface area (Å²) in [6, 6.07) is 0. The minimum Gasteiger partial charge on any atom is -0.393 e. The number of ether oxygens (including phenoxy) is 2. The molecule has 3 amide bonds. The van der Waals surface area contributed by atoms with Crippen LogP contribution in [0.2, 0.25) is 0 Å². The third-order valence-corrected chi connectivity index (χ3v) is 15.8. The molecule has 2 N–H and O–H groups in total. The van der Waals surface area contributed by atoms with Crippen LogP contribution < -0.4 is 5.32 Å². The molecule has 1 heterocycles. The zero-order chi connectivity index (χ0) is 34.7.